The number of nitrogens with zero attached hydrogens (tertiary/aromatic N) is 2. The number of hydrogen-bond donors (Lipinski definition) is 2. The van der Waals surface area contributed by atoms with E-state index in [-0.39, 0.29) is 0 Å². The van der Waals surface area contributed by atoms with Gasteiger partial charge in [0.2, 0.25) is 0 Å². The maximum Gasteiger partial charge on any atom is 0.145 e. The molecule has 0 radical (unpaired) electrons. The van der Waals surface area contributed by atoms with Crippen LogP contribution < -0.4 is 0 Å². The maximum atomic E-state index is 10.8. The molecule has 0 fully saturated rings. The minimum Gasteiger partial charge on any atom is -0.385 e. The van der Waals surface area contributed by atoms with Gasteiger partial charge in [-0.2, -0.15) is 0 Å². The Hall–Kier alpha value is -1.40. The Balaban J connectivity index is 2.40. The fourth-order valence-corrected chi connectivity index (χ4v) is 1.84. The minimum absolute atomic E-state index is 0.373. The number of imidazole rings is 1. The Kier molecular flexibility index (Phi) is 2.93. The molecule has 2 atom stereocenters. The van der Waals surface area contributed by atoms with Crippen molar-refractivity contribution in [3.8, 4) is 0 Å². The summed E-state index contributed by atoms with van der Waals surface area (Å²) >= 11 is 0. The highest BCUT2D eigenvalue weighted by Crippen LogP contribution is 2.18. The van der Waals surface area contributed by atoms with Crippen LogP contribution >= 0.6 is 0 Å². The van der Waals surface area contributed by atoms with E-state index in [0.29, 0.717) is 11.3 Å². The highest BCUT2D eigenvalue weighted by atomic mass is 32.2. The Morgan fingerprint density at radius 3 is 2.81 bits per heavy atom. The van der Waals surface area contributed by atoms with Gasteiger partial charge in [-0.15, -0.1) is 0 Å². The number of aliphatic hydroxyl groups is 1. The number of pyridine rings is 1. The molecule has 0 aliphatic carbocycles. The molecule has 2 aromatic rings. The number of hydrogen-bond acceptors (Lipinski definition) is 4. The van der Waals surface area contributed by atoms with E-state index in [1.165, 1.54) is 6.92 Å². The molecular weight excluding hydrogens is 228 g/mol. The Morgan fingerprint density at radius 2 is 2.19 bits per heavy atom. The van der Waals surface area contributed by atoms with Gasteiger partial charge in [0.25, 0.3) is 0 Å². The summed E-state index contributed by atoms with van der Waals surface area (Å²) in [5.74, 6) is 0. The maximum absolute atomic E-state index is 10.8. The van der Waals surface area contributed by atoms with Crippen molar-refractivity contribution in [2.24, 2.45) is 0 Å². The van der Waals surface area contributed by atoms with Crippen molar-refractivity contribution >= 4 is 16.4 Å². The van der Waals surface area contributed by atoms with E-state index in [0.717, 1.165) is 0 Å². The van der Waals surface area contributed by atoms with Crippen molar-refractivity contribution < 1.29 is 13.5 Å². The monoisotopic (exact) mass is 240 g/mol. The summed E-state index contributed by atoms with van der Waals surface area (Å²) in [6.07, 6.45) is 2.34. The molecule has 2 rings (SSSR count). The van der Waals surface area contributed by atoms with E-state index in [4.69, 9.17) is 0 Å². The van der Waals surface area contributed by atoms with Crippen LogP contribution in [0, 0.1) is 0 Å². The zero-order valence-corrected chi connectivity index (χ0v) is 9.54. The van der Waals surface area contributed by atoms with Crippen molar-refractivity contribution in [3.63, 3.8) is 0 Å². The molecule has 0 unspecified atom stereocenters. The fourth-order valence-electron chi connectivity index (χ4n) is 1.46. The lowest BCUT2D eigenvalue weighted by molar-refractivity contribution is 0.173. The number of aliphatic hydroxyl groups excluding tert-OH is 1. The number of aromatic nitrogens is 2. The fraction of sp³-hybridized carbons (Fsp3) is 0.300. The third-order valence-electron chi connectivity index (χ3n) is 2.48. The van der Waals surface area contributed by atoms with Gasteiger partial charge in [0.1, 0.15) is 22.5 Å². The van der Waals surface area contributed by atoms with Crippen LogP contribution in [0.1, 0.15) is 18.7 Å². The first-order valence-electron chi connectivity index (χ1n) is 4.85. The van der Waals surface area contributed by atoms with Crippen molar-refractivity contribution in [2.45, 2.75) is 18.3 Å². The predicted octanol–water partition coefficient (Wildman–Crippen LogP) is 0.368. The van der Waals surface area contributed by atoms with E-state index >= 15 is 0 Å². The first kappa shape index (κ1) is 11.1. The van der Waals surface area contributed by atoms with Crippen LogP contribution in [0.15, 0.2) is 30.6 Å². The highest BCUT2D eigenvalue weighted by molar-refractivity contribution is 7.73. The topological polar surface area (TPSA) is 71.7 Å². The first-order chi connectivity index (χ1) is 7.59. The van der Waals surface area contributed by atoms with Crippen LogP contribution in [0.4, 0.5) is 0 Å². The number of fused-ring (bicyclic) bond motifs is 1. The summed E-state index contributed by atoms with van der Waals surface area (Å²) in [7, 11) is -2.65. The molecule has 1 N–H and O–H groups in total. The van der Waals surface area contributed by atoms with Crippen LogP contribution in [-0.2, 0) is 10.7 Å². The molecule has 0 spiro atoms. The van der Waals surface area contributed by atoms with Crippen LogP contribution in [0.25, 0.3) is 5.65 Å². The van der Waals surface area contributed by atoms with Gasteiger partial charge in [0.15, 0.2) is 0 Å². The lowest BCUT2D eigenvalue weighted by Gasteiger charge is -2.09. The highest BCUT2D eigenvalue weighted by Gasteiger charge is 2.21. The Labute approximate surface area is 94.3 Å². The van der Waals surface area contributed by atoms with Crippen LogP contribution in [0.2, 0.25) is 0 Å². The molecule has 0 aliphatic rings. The van der Waals surface area contributed by atoms with Gasteiger partial charge in [-0.25, -0.2) is 13.4 Å². The van der Waals surface area contributed by atoms with Crippen molar-refractivity contribution in [3.05, 3.63) is 36.3 Å². The van der Waals surface area contributed by atoms with Gasteiger partial charge in [-0.1, -0.05) is 6.07 Å². The lowest BCUT2D eigenvalue weighted by Crippen LogP contribution is -2.16. The van der Waals surface area contributed by atoms with E-state index in [9.17, 15) is 13.5 Å². The molecule has 0 bridgehead atoms. The van der Waals surface area contributed by atoms with Crippen molar-refractivity contribution in [1.29, 1.82) is 0 Å². The molecule has 2 heterocycles. The van der Waals surface area contributed by atoms with Crippen LogP contribution in [0.5, 0.6) is 0 Å². The summed E-state index contributed by atoms with van der Waals surface area (Å²) in [6.45, 7) is 1.46. The molecule has 16 heavy (non-hydrogen) atoms. The van der Waals surface area contributed by atoms with Gasteiger partial charge in [0, 0.05) is 12.4 Å². The summed E-state index contributed by atoms with van der Waals surface area (Å²) in [5.41, 5.74) is 1.06. The van der Waals surface area contributed by atoms with Crippen molar-refractivity contribution in [2.75, 3.05) is 0 Å². The molecule has 86 valence electrons. The second kappa shape index (κ2) is 4.23. The van der Waals surface area contributed by atoms with E-state index < -0.39 is 22.1 Å². The normalized spacial score (nSPS) is 15.4. The predicted molar refractivity (Wildman–Crippen MR) is 59.9 cm³/mol. The van der Waals surface area contributed by atoms with E-state index in [2.05, 4.69) is 4.98 Å². The zero-order chi connectivity index (χ0) is 11.7. The summed E-state index contributed by atoms with van der Waals surface area (Å²) < 4.78 is 23.3. The number of rotatable bonds is 3. The zero-order valence-electron chi connectivity index (χ0n) is 8.65. The van der Waals surface area contributed by atoms with Crippen LogP contribution in [-0.4, -0.2) is 28.2 Å². The second-order valence-corrected chi connectivity index (χ2v) is 4.99. The quantitative estimate of drug-likeness (QED) is 0.760. The third-order valence-corrected chi connectivity index (χ3v) is 3.42. The van der Waals surface area contributed by atoms with Crippen LogP contribution in [0.3, 0.4) is 0 Å². The average molecular weight is 240 g/mol. The summed E-state index contributed by atoms with van der Waals surface area (Å²) in [4.78, 5) is 4.16. The third kappa shape index (κ3) is 1.94. The summed E-state index contributed by atoms with van der Waals surface area (Å²) in [6, 6.07) is 5.45. The molecule has 0 aliphatic heterocycles. The minimum atomic E-state index is -2.65. The average Bonchev–Trinajstić information content (AvgIpc) is 2.70. The second-order valence-electron chi connectivity index (χ2n) is 3.60. The van der Waals surface area contributed by atoms with E-state index in [1.54, 1.807) is 22.9 Å². The molecule has 6 heteroatoms. The van der Waals surface area contributed by atoms with Gasteiger partial charge in [-0.05, 0) is 19.1 Å². The standard InChI is InChI=1S/C10H12N2O3S/c1-7(16(14)15)10(13)8-6-12-5-3-2-4-9(12)11-8/h2-7,10,13,16H,1H3/t7-,10-/m0/s1. The molecule has 2 aromatic heterocycles. The first-order valence-corrected chi connectivity index (χ1v) is 6.09. The Morgan fingerprint density at radius 1 is 1.44 bits per heavy atom. The smallest absolute Gasteiger partial charge is 0.145 e. The van der Waals surface area contributed by atoms with Gasteiger partial charge in [0.05, 0.1) is 10.9 Å². The van der Waals surface area contributed by atoms with Crippen molar-refractivity contribution in [1.82, 2.24) is 9.38 Å². The molecule has 5 nitrogen and oxygen atoms in total. The summed E-state index contributed by atoms with van der Waals surface area (Å²) in [5, 5.41) is 8.97. The van der Waals surface area contributed by atoms with Gasteiger partial charge in [-0.3, -0.25) is 0 Å². The molecule has 0 saturated heterocycles. The molecular formula is C10H12N2O3S. The van der Waals surface area contributed by atoms with Gasteiger partial charge < -0.3 is 9.51 Å². The van der Waals surface area contributed by atoms with E-state index in [1.807, 2.05) is 12.1 Å². The lowest BCUT2D eigenvalue weighted by atomic mass is 10.2. The number of thiol groups is 1. The largest absolute Gasteiger partial charge is 0.385 e. The molecule has 0 saturated carbocycles. The van der Waals surface area contributed by atoms with Gasteiger partial charge >= 0.3 is 0 Å². The molecule has 0 aromatic carbocycles. The SMILES string of the molecule is C[C@@H]([C@H](O)c1cn2ccccc2n1)[SH](=O)=O. The Bertz CT molecular complexity index is 535. The molecule has 0 amide bonds.